The minimum atomic E-state index is -1.08. The molecule has 0 fully saturated rings. The fourth-order valence-corrected chi connectivity index (χ4v) is 0.662. The first-order valence-electron chi connectivity index (χ1n) is 4.25. The second-order valence-corrected chi connectivity index (χ2v) is 3.63. The molecule has 0 aromatic rings. The van der Waals surface area contributed by atoms with Gasteiger partial charge in [-0.2, -0.15) is 5.26 Å². The molecule has 0 rings (SSSR count). The maximum atomic E-state index is 11.1. The first-order valence-corrected chi connectivity index (χ1v) is 4.25. The number of aliphatic hydroxyl groups excluding tert-OH is 1. The molecule has 0 aliphatic carbocycles. The maximum Gasteiger partial charge on any atom is 0.249 e. The standard InChI is InChI=1S/C9H16N2O2/c1-6(2)9(4,5-10)11-8(13)7(3)12/h6-7,12H,1-4H3,(H,11,13). The number of hydrogen-bond donors (Lipinski definition) is 2. The zero-order chi connectivity index (χ0) is 10.6. The van der Waals surface area contributed by atoms with Crippen molar-refractivity contribution in [3.63, 3.8) is 0 Å². The van der Waals surface area contributed by atoms with Crippen molar-refractivity contribution in [1.29, 1.82) is 5.26 Å². The molecule has 13 heavy (non-hydrogen) atoms. The molecule has 2 N–H and O–H groups in total. The Balaban J connectivity index is 4.48. The SMILES string of the molecule is CC(O)C(=O)NC(C)(C#N)C(C)C. The molecule has 0 saturated heterocycles. The van der Waals surface area contributed by atoms with Crippen LogP contribution in [0.15, 0.2) is 0 Å². The third-order valence-corrected chi connectivity index (χ3v) is 2.15. The highest BCUT2D eigenvalue weighted by molar-refractivity contribution is 5.81. The summed E-state index contributed by atoms with van der Waals surface area (Å²) in [6, 6.07) is 2.02. The summed E-state index contributed by atoms with van der Waals surface area (Å²) in [6.07, 6.45) is -1.08. The molecule has 0 heterocycles. The molecule has 1 amide bonds. The number of carbonyl (C=O) groups is 1. The van der Waals surface area contributed by atoms with Crippen LogP contribution < -0.4 is 5.32 Å². The molecule has 4 heteroatoms. The number of aliphatic hydroxyl groups is 1. The van der Waals surface area contributed by atoms with Crippen LogP contribution in [0.3, 0.4) is 0 Å². The van der Waals surface area contributed by atoms with Crippen LogP contribution in [0, 0.1) is 17.2 Å². The molecule has 0 radical (unpaired) electrons. The minimum Gasteiger partial charge on any atom is -0.384 e. The normalized spacial score (nSPS) is 17.3. The van der Waals surface area contributed by atoms with Gasteiger partial charge in [0.2, 0.25) is 5.91 Å². The Kier molecular flexibility index (Phi) is 3.89. The molecule has 0 bridgehead atoms. The Hall–Kier alpha value is -1.08. The summed E-state index contributed by atoms with van der Waals surface area (Å²) in [5.41, 5.74) is -0.909. The van der Waals surface area contributed by atoms with Crippen LogP contribution in [0.25, 0.3) is 0 Å². The zero-order valence-electron chi connectivity index (χ0n) is 8.46. The van der Waals surface area contributed by atoms with Crippen molar-refractivity contribution in [3.05, 3.63) is 0 Å². The van der Waals surface area contributed by atoms with Crippen molar-refractivity contribution in [3.8, 4) is 6.07 Å². The van der Waals surface area contributed by atoms with Gasteiger partial charge in [0.05, 0.1) is 6.07 Å². The van der Waals surface area contributed by atoms with Crippen molar-refractivity contribution >= 4 is 5.91 Å². The minimum absolute atomic E-state index is 0.000185. The molecule has 0 spiro atoms. The summed E-state index contributed by atoms with van der Waals surface area (Å²) in [6.45, 7) is 6.68. The fraction of sp³-hybridized carbons (Fsp3) is 0.778. The van der Waals surface area contributed by atoms with Crippen molar-refractivity contribution < 1.29 is 9.90 Å². The van der Waals surface area contributed by atoms with Gasteiger partial charge >= 0.3 is 0 Å². The number of amides is 1. The van der Waals surface area contributed by atoms with E-state index in [1.165, 1.54) is 6.92 Å². The molecular formula is C9H16N2O2. The van der Waals surface area contributed by atoms with Gasteiger partial charge in [-0.15, -0.1) is 0 Å². The number of nitrogens with one attached hydrogen (secondary N) is 1. The zero-order valence-corrected chi connectivity index (χ0v) is 8.46. The monoisotopic (exact) mass is 184 g/mol. The van der Waals surface area contributed by atoms with E-state index in [4.69, 9.17) is 10.4 Å². The number of rotatable bonds is 3. The van der Waals surface area contributed by atoms with Crippen LogP contribution in [-0.2, 0) is 4.79 Å². The van der Waals surface area contributed by atoms with Crippen LogP contribution in [0.2, 0.25) is 0 Å². The first kappa shape index (κ1) is 11.9. The summed E-state index contributed by atoms with van der Waals surface area (Å²) < 4.78 is 0. The molecule has 0 aliphatic heterocycles. The van der Waals surface area contributed by atoms with E-state index in [1.807, 2.05) is 19.9 Å². The van der Waals surface area contributed by atoms with Gasteiger partial charge in [0.15, 0.2) is 0 Å². The third-order valence-electron chi connectivity index (χ3n) is 2.15. The van der Waals surface area contributed by atoms with Crippen LogP contribution >= 0.6 is 0 Å². The van der Waals surface area contributed by atoms with Crippen LogP contribution in [-0.4, -0.2) is 22.7 Å². The van der Waals surface area contributed by atoms with Crippen molar-refractivity contribution in [1.82, 2.24) is 5.32 Å². The van der Waals surface area contributed by atoms with E-state index < -0.39 is 17.6 Å². The average molecular weight is 184 g/mol. The molecule has 2 unspecified atom stereocenters. The lowest BCUT2D eigenvalue weighted by atomic mass is 9.90. The predicted molar refractivity (Wildman–Crippen MR) is 48.7 cm³/mol. The van der Waals surface area contributed by atoms with Gasteiger partial charge in [0.25, 0.3) is 0 Å². The second-order valence-electron chi connectivity index (χ2n) is 3.63. The van der Waals surface area contributed by atoms with Gasteiger partial charge < -0.3 is 10.4 Å². The van der Waals surface area contributed by atoms with Crippen molar-refractivity contribution in [2.75, 3.05) is 0 Å². The van der Waals surface area contributed by atoms with Crippen molar-refractivity contribution in [2.24, 2.45) is 5.92 Å². The lowest BCUT2D eigenvalue weighted by Crippen LogP contribution is -2.51. The van der Waals surface area contributed by atoms with Gasteiger partial charge in [-0.25, -0.2) is 0 Å². The Bertz CT molecular complexity index is 230. The Morgan fingerprint density at radius 2 is 2.00 bits per heavy atom. The van der Waals surface area contributed by atoms with Gasteiger partial charge in [-0.3, -0.25) is 4.79 Å². The molecule has 74 valence electrons. The third kappa shape index (κ3) is 3.03. The van der Waals surface area contributed by atoms with Gasteiger partial charge in [0.1, 0.15) is 11.6 Å². The summed E-state index contributed by atoms with van der Waals surface area (Å²) >= 11 is 0. The molecule has 0 aromatic heterocycles. The molecule has 0 aliphatic rings. The number of carbonyl (C=O) groups excluding carboxylic acids is 1. The van der Waals surface area contributed by atoms with E-state index in [2.05, 4.69) is 5.32 Å². The van der Waals surface area contributed by atoms with Gasteiger partial charge in [-0.05, 0) is 19.8 Å². The Labute approximate surface area is 78.6 Å². The maximum absolute atomic E-state index is 11.1. The lowest BCUT2D eigenvalue weighted by molar-refractivity contribution is -0.130. The van der Waals surface area contributed by atoms with Crippen LogP contribution in [0.4, 0.5) is 0 Å². The quantitative estimate of drug-likeness (QED) is 0.667. The van der Waals surface area contributed by atoms with E-state index in [0.29, 0.717) is 0 Å². The smallest absolute Gasteiger partial charge is 0.249 e. The van der Waals surface area contributed by atoms with Crippen LogP contribution in [0.1, 0.15) is 27.7 Å². The number of hydrogen-bond acceptors (Lipinski definition) is 3. The highest BCUT2D eigenvalue weighted by atomic mass is 16.3. The lowest BCUT2D eigenvalue weighted by Gasteiger charge is -2.27. The van der Waals surface area contributed by atoms with Gasteiger partial charge in [0, 0.05) is 0 Å². The van der Waals surface area contributed by atoms with E-state index in [-0.39, 0.29) is 5.92 Å². The Morgan fingerprint density at radius 1 is 1.54 bits per heavy atom. The highest BCUT2D eigenvalue weighted by Crippen LogP contribution is 2.14. The van der Waals surface area contributed by atoms with Gasteiger partial charge in [-0.1, -0.05) is 13.8 Å². The number of nitrogens with zero attached hydrogens (tertiary/aromatic N) is 1. The highest BCUT2D eigenvalue weighted by Gasteiger charge is 2.30. The summed E-state index contributed by atoms with van der Waals surface area (Å²) in [5, 5.41) is 20.3. The van der Waals surface area contributed by atoms with E-state index in [0.717, 1.165) is 0 Å². The Morgan fingerprint density at radius 3 is 2.23 bits per heavy atom. The predicted octanol–water partition coefficient (Wildman–Crippen LogP) is 0.422. The molecule has 4 nitrogen and oxygen atoms in total. The summed E-state index contributed by atoms with van der Waals surface area (Å²) in [4.78, 5) is 11.1. The van der Waals surface area contributed by atoms with E-state index >= 15 is 0 Å². The van der Waals surface area contributed by atoms with E-state index in [9.17, 15) is 4.79 Å². The molecule has 0 saturated carbocycles. The molecule has 0 aromatic carbocycles. The van der Waals surface area contributed by atoms with Crippen LogP contribution in [0.5, 0.6) is 0 Å². The average Bonchev–Trinajstić information content (AvgIpc) is 2.03. The first-order chi connectivity index (χ1) is 5.83. The topological polar surface area (TPSA) is 73.1 Å². The summed E-state index contributed by atoms with van der Waals surface area (Å²) in [5.74, 6) is -0.516. The van der Waals surface area contributed by atoms with Crippen molar-refractivity contribution in [2.45, 2.75) is 39.3 Å². The van der Waals surface area contributed by atoms with E-state index in [1.54, 1.807) is 6.92 Å². The molecular weight excluding hydrogens is 168 g/mol. The molecule has 2 atom stereocenters. The second kappa shape index (κ2) is 4.24. The largest absolute Gasteiger partial charge is 0.384 e. The summed E-state index contributed by atoms with van der Waals surface area (Å²) in [7, 11) is 0. The number of nitriles is 1. The fourth-order valence-electron chi connectivity index (χ4n) is 0.662.